The number of hydrogen-bond acceptors (Lipinski definition) is 4. The molecule has 0 radical (unpaired) electrons. The Morgan fingerprint density at radius 1 is 1.10 bits per heavy atom. The van der Waals surface area contributed by atoms with Crippen LogP contribution in [-0.2, 0) is 0 Å². The molecule has 2 aromatic rings. The minimum Gasteiger partial charge on any atom is -0.494 e. The number of carbonyl (C=O) groups is 1. The third kappa shape index (κ3) is 3.08. The van der Waals surface area contributed by atoms with E-state index in [2.05, 4.69) is 0 Å². The topological polar surface area (TPSA) is 87.6 Å². The molecule has 0 saturated carbocycles. The van der Waals surface area contributed by atoms with E-state index >= 15 is 0 Å². The van der Waals surface area contributed by atoms with Crippen LogP contribution in [0.25, 0.3) is 0 Å². The first kappa shape index (κ1) is 14.7. The number of ether oxygens (including phenoxy) is 2. The largest absolute Gasteiger partial charge is 0.494 e. The van der Waals surface area contributed by atoms with Gasteiger partial charge in [0, 0.05) is 11.6 Å². The van der Waals surface area contributed by atoms with Gasteiger partial charge in [-0.2, -0.15) is 0 Å². The summed E-state index contributed by atoms with van der Waals surface area (Å²) in [6, 6.07) is 8.62. The van der Waals surface area contributed by atoms with Gasteiger partial charge in [-0.15, -0.1) is 0 Å². The summed E-state index contributed by atoms with van der Waals surface area (Å²) in [7, 11) is 1.55. The third-order valence-electron chi connectivity index (χ3n) is 3.17. The summed E-state index contributed by atoms with van der Waals surface area (Å²) in [5, 5.41) is 0. The predicted molar refractivity (Wildman–Crippen MR) is 81.9 cm³/mol. The molecule has 0 unspecified atom stereocenters. The van der Waals surface area contributed by atoms with Crippen molar-refractivity contribution in [1.29, 1.82) is 0 Å². The molecule has 2 rings (SSSR count). The first-order chi connectivity index (χ1) is 9.92. The minimum absolute atomic E-state index is 0.457. The first-order valence-corrected chi connectivity index (χ1v) is 6.44. The van der Waals surface area contributed by atoms with Crippen LogP contribution >= 0.6 is 0 Å². The normalized spacial score (nSPS) is 10.2. The molecule has 2 aromatic carbocycles. The Morgan fingerprint density at radius 3 is 2.24 bits per heavy atom. The highest BCUT2D eigenvalue weighted by atomic mass is 16.5. The van der Waals surface area contributed by atoms with Crippen LogP contribution < -0.4 is 20.9 Å². The standard InChI is InChI=1S/C16H18N2O3/c1-9-6-11(16(18)19)7-10(2)15(9)21-12-4-5-13(17)14(8-12)20-3/h4-8H,17H2,1-3H3,(H2,18,19). The van der Waals surface area contributed by atoms with Crippen LogP contribution in [0, 0.1) is 13.8 Å². The molecule has 21 heavy (non-hydrogen) atoms. The van der Waals surface area contributed by atoms with Crippen LogP contribution in [0.15, 0.2) is 30.3 Å². The molecule has 0 aliphatic rings. The van der Waals surface area contributed by atoms with Gasteiger partial charge < -0.3 is 20.9 Å². The molecule has 0 saturated heterocycles. The smallest absolute Gasteiger partial charge is 0.248 e. The SMILES string of the molecule is COc1cc(Oc2c(C)cc(C(N)=O)cc2C)ccc1N. The van der Waals surface area contributed by atoms with Gasteiger partial charge in [0.05, 0.1) is 12.8 Å². The van der Waals surface area contributed by atoms with Crippen molar-refractivity contribution >= 4 is 11.6 Å². The zero-order valence-electron chi connectivity index (χ0n) is 12.3. The number of amides is 1. The monoisotopic (exact) mass is 286 g/mol. The number of primary amides is 1. The van der Waals surface area contributed by atoms with E-state index in [1.807, 2.05) is 13.8 Å². The molecule has 0 fully saturated rings. The van der Waals surface area contributed by atoms with Gasteiger partial charge in [0.1, 0.15) is 17.2 Å². The van der Waals surface area contributed by atoms with E-state index in [0.29, 0.717) is 28.5 Å². The molecule has 0 aliphatic carbocycles. The van der Waals surface area contributed by atoms with Crippen LogP contribution in [0.4, 0.5) is 5.69 Å². The molecule has 1 amide bonds. The number of aryl methyl sites for hydroxylation is 2. The van der Waals surface area contributed by atoms with Crippen molar-refractivity contribution < 1.29 is 14.3 Å². The van der Waals surface area contributed by atoms with Crippen molar-refractivity contribution in [2.24, 2.45) is 5.73 Å². The van der Waals surface area contributed by atoms with E-state index in [1.54, 1.807) is 37.4 Å². The summed E-state index contributed by atoms with van der Waals surface area (Å²) in [4.78, 5) is 11.2. The number of nitrogen functional groups attached to an aromatic ring is 1. The summed E-state index contributed by atoms with van der Waals surface area (Å²) >= 11 is 0. The lowest BCUT2D eigenvalue weighted by Gasteiger charge is -2.14. The van der Waals surface area contributed by atoms with Crippen LogP contribution in [0.5, 0.6) is 17.2 Å². The van der Waals surface area contributed by atoms with Gasteiger partial charge in [-0.05, 0) is 49.2 Å². The Bertz CT molecular complexity index is 673. The van der Waals surface area contributed by atoms with Crippen molar-refractivity contribution in [3.8, 4) is 17.2 Å². The highest BCUT2D eigenvalue weighted by molar-refractivity contribution is 5.93. The summed E-state index contributed by atoms with van der Waals surface area (Å²) in [5.41, 5.74) is 13.7. The molecule has 0 heterocycles. The van der Waals surface area contributed by atoms with Gasteiger partial charge in [-0.3, -0.25) is 4.79 Å². The fourth-order valence-electron chi connectivity index (χ4n) is 2.13. The lowest BCUT2D eigenvalue weighted by Crippen LogP contribution is -2.11. The number of nitrogens with two attached hydrogens (primary N) is 2. The minimum atomic E-state index is -0.457. The number of benzene rings is 2. The Balaban J connectivity index is 2.38. The van der Waals surface area contributed by atoms with E-state index in [-0.39, 0.29) is 0 Å². The molecule has 0 atom stereocenters. The molecule has 4 N–H and O–H groups in total. The van der Waals surface area contributed by atoms with E-state index in [4.69, 9.17) is 20.9 Å². The summed E-state index contributed by atoms with van der Waals surface area (Å²) in [6.45, 7) is 3.73. The predicted octanol–water partition coefficient (Wildman–Crippen LogP) is 2.79. The molecular weight excluding hydrogens is 268 g/mol. The zero-order chi connectivity index (χ0) is 15.6. The molecular formula is C16H18N2O3. The summed E-state index contributed by atoms with van der Waals surface area (Å²) < 4.78 is 11.1. The first-order valence-electron chi connectivity index (χ1n) is 6.44. The van der Waals surface area contributed by atoms with Crippen molar-refractivity contribution in [3.63, 3.8) is 0 Å². The van der Waals surface area contributed by atoms with Crippen LogP contribution in [0.1, 0.15) is 21.5 Å². The van der Waals surface area contributed by atoms with Crippen LogP contribution in [0.3, 0.4) is 0 Å². The van der Waals surface area contributed by atoms with Crippen molar-refractivity contribution in [3.05, 3.63) is 47.0 Å². The Kier molecular flexibility index (Phi) is 4.03. The summed E-state index contributed by atoms with van der Waals surface area (Å²) in [6.07, 6.45) is 0. The number of rotatable bonds is 4. The Hall–Kier alpha value is -2.69. The number of hydrogen-bond donors (Lipinski definition) is 2. The Morgan fingerprint density at radius 2 is 1.71 bits per heavy atom. The van der Waals surface area contributed by atoms with Gasteiger partial charge in [0.2, 0.25) is 5.91 Å². The maximum absolute atomic E-state index is 11.2. The average molecular weight is 286 g/mol. The van der Waals surface area contributed by atoms with Gasteiger partial charge in [-0.1, -0.05) is 0 Å². The Labute approximate surface area is 123 Å². The van der Waals surface area contributed by atoms with Gasteiger partial charge in [0.15, 0.2) is 0 Å². The molecule has 5 nitrogen and oxygen atoms in total. The second kappa shape index (κ2) is 5.75. The fourth-order valence-corrected chi connectivity index (χ4v) is 2.13. The van der Waals surface area contributed by atoms with E-state index in [0.717, 1.165) is 11.1 Å². The number of anilines is 1. The molecule has 0 spiro atoms. The van der Waals surface area contributed by atoms with Crippen molar-refractivity contribution in [2.75, 3.05) is 12.8 Å². The quantitative estimate of drug-likeness (QED) is 0.846. The second-order valence-corrected chi connectivity index (χ2v) is 4.81. The third-order valence-corrected chi connectivity index (χ3v) is 3.17. The second-order valence-electron chi connectivity index (χ2n) is 4.81. The fraction of sp³-hybridized carbons (Fsp3) is 0.188. The average Bonchev–Trinajstić information content (AvgIpc) is 2.44. The van der Waals surface area contributed by atoms with Crippen LogP contribution in [-0.4, -0.2) is 13.0 Å². The van der Waals surface area contributed by atoms with Gasteiger partial charge in [-0.25, -0.2) is 0 Å². The van der Waals surface area contributed by atoms with E-state index in [9.17, 15) is 4.79 Å². The van der Waals surface area contributed by atoms with E-state index in [1.165, 1.54) is 0 Å². The zero-order valence-corrected chi connectivity index (χ0v) is 12.3. The maximum atomic E-state index is 11.2. The lowest BCUT2D eigenvalue weighted by molar-refractivity contribution is 0.1000. The number of methoxy groups -OCH3 is 1. The summed E-state index contributed by atoms with van der Waals surface area (Å²) in [5.74, 6) is 1.39. The highest BCUT2D eigenvalue weighted by Crippen LogP contribution is 2.33. The van der Waals surface area contributed by atoms with Crippen LogP contribution in [0.2, 0.25) is 0 Å². The molecule has 0 bridgehead atoms. The van der Waals surface area contributed by atoms with Crippen molar-refractivity contribution in [1.82, 2.24) is 0 Å². The lowest BCUT2D eigenvalue weighted by atomic mass is 10.1. The molecule has 5 heteroatoms. The number of carbonyl (C=O) groups excluding carboxylic acids is 1. The van der Waals surface area contributed by atoms with Gasteiger partial charge in [0.25, 0.3) is 0 Å². The van der Waals surface area contributed by atoms with Crippen molar-refractivity contribution in [2.45, 2.75) is 13.8 Å². The molecule has 0 aromatic heterocycles. The van der Waals surface area contributed by atoms with E-state index < -0.39 is 5.91 Å². The molecule has 0 aliphatic heterocycles. The molecule has 110 valence electrons. The highest BCUT2D eigenvalue weighted by Gasteiger charge is 2.11. The maximum Gasteiger partial charge on any atom is 0.248 e. The van der Waals surface area contributed by atoms with Gasteiger partial charge >= 0.3 is 0 Å².